The molecule has 1 atom stereocenters. The summed E-state index contributed by atoms with van der Waals surface area (Å²) in [5, 5.41) is 10.3. The van der Waals surface area contributed by atoms with Crippen LogP contribution in [0.15, 0.2) is 17.4 Å². The first-order chi connectivity index (χ1) is 11.2. The lowest BCUT2D eigenvalue weighted by Crippen LogP contribution is -2.25. The highest BCUT2D eigenvalue weighted by Crippen LogP contribution is 2.38. The molecule has 128 valence electrons. The lowest BCUT2D eigenvalue weighted by molar-refractivity contribution is -0.122. The van der Waals surface area contributed by atoms with Crippen molar-refractivity contribution in [1.29, 1.82) is 0 Å². The summed E-state index contributed by atoms with van der Waals surface area (Å²) < 4.78 is 0. The number of hydrogen-bond donors (Lipinski definition) is 2. The molecule has 2 rings (SSSR count). The maximum Gasteiger partial charge on any atom is 0.170 e. The summed E-state index contributed by atoms with van der Waals surface area (Å²) in [4.78, 5) is 24.6. The van der Waals surface area contributed by atoms with Crippen LogP contribution in [-0.4, -0.2) is 21.7 Å². The number of allylic oxidation sites excluding steroid dienone is 2. The average Bonchev–Trinajstić information content (AvgIpc) is 2.45. The van der Waals surface area contributed by atoms with Crippen LogP contribution >= 0.6 is 12.2 Å². The Morgan fingerprint density at radius 1 is 1.29 bits per heavy atom. The van der Waals surface area contributed by atoms with Gasteiger partial charge in [0.2, 0.25) is 0 Å². The van der Waals surface area contributed by atoms with Gasteiger partial charge in [-0.15, -0.1) is 0 Å². The molecule has 4 nitrogen and oxygen atoms in total. The number of thiocarbonyl (C=S) groups is 1. The highest BCUT2D eigenvalue weighted by molar-refractivity contribution is 7.80. The van der Waals surface area contributed by atoms with E-state index in [4.69, 9.17) is 18.0 Å². The van der Waals surface area contributed by atoms with Crippen molar-refractivity contribution in [3.63, 3.8) is 0 Å². The fourth-order valence-corrected chi connectivity index (χ4v) is 4.11. The van der Waals surface area contributed by atoms with Crippen LogP contribution in [0.4, 0.5) is 0 Å². The Morgan fingerprint density at radius 2 is 1.92 bits per heavy atom. The summed E-state index contributed by atoms with van der Waals surface area (Å²) in [7, 11) is 0. The maximum absolute atomic E-state index is 12.4. The van der Waals surface area contributed by atoms with Gasteiger partial charge in [0.25, 0.3) is 0 Å². The van der Waals surface area contributed by atoms with E-state index >= 15 is 0 Å². The van der Waals surface area contributed by atoms with Crippen LogP contribution in [0.1, 0.15) is 59.9 Å². The lowest BCUT2D eigenvalue weighted by atomic mass is 9.77. The lowest BCUT2D eigenvalue weighted by Gasteiger charge is -2.27. The molecule has 3 N–H and O–H groups in total. The molecule has 1 aliphatic carbocycles. The average molecular weight is 345 g/mol. The number of hydrogen-bond acceptors (Lipinski definition) is 4. The molecule has 1 unspecified atom stereocenters. The second-order valence-electron chi connectivity index (χ2n) is 6.42. The van der Waals surface area contributed by atoms with Crippen molar-refractivity contribution in [2.24, 2.45) is 5.73 Å². The van der Waals surface area contributed by atoms with Crippen LogP contribution in [-0.2, 0) is 9.59 Å². The zero-order valence-corrected chi connectivity index (χ0v) is 15.3. The topological polar surface area (TPSA) is 80.4 Å². The summed E-state index contributed by atoms with van der Waals surface area (Å²) in [6.07, 6.45) is 0.713. The number of carbonyl (C=O) groups is 2. The molecule has 0 aliphatic heterocycles. The number of aliphatic hydroxyl groups is 1. The van der Waals surface area contributed by atoms with Gasteiger partial charge in [0.1, 0.15) is 10.7 Å². The van der Waals surface area contributed by atoms with Crippen molar-refractivity contribution in [1.82, 2.24) is 0 Å². The SMILES string of the molecule is CCC(=O)C1=C(O)CC(c2c(C)cc(C)c(C(N)=S)c2C)CC1=O. The minimum atomic E-state index is -0.294. The first kappa shape index (κ1) is 18.3. The zero-order valence-electron chi connectivity index (χ0n) is 14.5. The summed E-state index contributed by atoms with van der Waals surface area (Å²) in [5.41, 5.74) is 10.7. The van der Waals surface area contributed by atoms with Gasteiger partial charge < -0.3 is 10.8 Å². The first-order valence-corrected chi connectivity index (χ1v) is 8.48. The van der Waals surface area contributed by atoms with E-state index in [1.807, 2.05) is 26.8 Å². The Labute approximate surface area is 147 Å². The van der Waals surface area contributed by atoms with Gasteiger partial charge in [-0.2, -0.15) is 0 Å². The fourth-order valence-electron chi connectivity index (χ4n) is 3.80. The number of ketones is 2. The van der Waals surface area contributed by atoms with Crippen molar-refractivity contribution in [2.45, 2.75) is 52.9 Å². The Kier molecular flexibility index (Phi) is 5.23. The van der Waals surface area contributed by atoms with Crippen molar-refractivity contribution >= 4 is 28.8 Å². The van der Waals surface area contributed by atoms with Gasteiger partial charge in [-0.3, -0.25) is 9.59 Å². The van der Waals surface area contributed by atoms with E-state index in [-0.39, 0.29) is 48.1 Å². The van der Waals surface area contributed by atoms with Crippen LogP contribution in [0.3, 0.4) is 0 Å². The summed E-state index contributed by atoms with van der Waals surface area (Å²) in [6, 6.07) is 2.01. The number of carbonyl (C=O) groups excluding carboxylic acids is 2. The maximum atomic E-state index is 12.4. The van der Waals surface area contributed by atoms with Gasteiger partial charge in [0.15, 0.2) is 11.6 Å². The summed E-state index contributed by atoms with van der Waals surface area (Å²) in [5.74, 6) is -0.845. The molecule has 0 fully saturated rings. The minimum Gasteiger partial charge on any atom is -0.511 e. The second kappa shape index (κ2) is 6.85. The minimum absolute atomic E-state index is 0.0225. The standard InChI is InChI=1S/C19H23NO3S/c1-5-13(21)18-14(22)7-12(8-15(18)23)16-9(2)6-10(3)17(11(16)4)19(20)24/h6,12,22H,5,7-8H2,1-4H3,(H2,20,24). The number of Topliss-reactive ketones (excluding diaryl/α,β-unsaturated/α-hetero) is 2. The van der Waals surface area contributed by atoms with Crippen LogP contribution in [0.25, 0.3) is 0 Å². The van der Waals surface area contributed by atoms with E-state index in [1.165, 1.54) is 0 Å². The van der Waals surface area contributed by atoms with E-state index in [2.05, 4.69) is 0 Å². The Hall–Kier alpha value is -2.01. The predicted molar refractivity (Wildman–Crippen MR) is 98.5 cm³/mol. The third-order valence-electron chi connectivity index (χ3n) is 4.72. The number of aryl methyl sites for hydroxylation is 2. The molecular weight excluding hydrogens is 322 g/mol. The zero-order chi connectivity index (χ0) is 18.2. The van der Waals surface area contributed by atoms with Gasteiger partial charge in [0, 0.05) is 24.8 Å². The monoisotopic (exact) mass is 345 g/mol. The van der Waals surface area contributed by atoms with Crippen LogP contribution in [0.2, 0.25) is 0 Å². The molecular formula is C19H23NO3S. The van der Waals surface area contributed by atoms with Gasteiger partial charge in [-0.05, 0) is 48.9 Å². The number of aliphatic hydroxyl groups excluding tert-OH is 1. The van der Waals surface area contributed by atoms with Gasteiger partial charge in [-0.1, -0.05) is 25.2 Å². The van der Waals surface area contributed by atoms with E-state index in [1.54, 1.807) is 6.92 Å². The van der Waals surface area contributed by atoms with E-state index in [0.29, 0.717) is 4.99 Å². The normalized spacial score (nSPS) is 18.0. The summed E-state index contributed by atoms with van der Waals surface area (Å²) >= 11 is 5.16. The molecule has 0 heterocycles. The second-order valence-corrected chi connectivity index (χ2v) is 6.85. The molecule has 0 bridgehead atoms. The van der Waals surface area contributed by atoms with Crippen molar-refractivity contribution in [3.05, 3.63) is 45.2 Å². The molecule has 24 heavy (non-hydrogen) atoms. The molecule has 0 amide bonds. The number of benzene rings is 1. The Morgan fingerprint density at radius 3 is 2.42 bits per heavy atom. The Balaban J connectivity index is 2.54. The van der Waals surface area contributed by atoms with Crippen LogP contribution in [0, 0.1) is 20.8 Å². The van der Waals surface area contributed by atoms with Crippen molar-refractivity contribution in [2.75, 3.05) is 0 Å². The van der Waals surface area contributed by atoms with Crippen molar-refractivity contribution < 1.29 is 14.7 Å². The first-order valence-electron chi connectivity index (χ1n) is 8.07. The van der Waals surface area contributed by atoms with E-state index < -0.39 is 0 Å². The van der Waals surface area contributed by atoms with E-state index in [9.17, 15) is 14.7 Å². The molecule has 0 saturated carbocycles. The predicted octanol–water partition coefficient (Wildman–Crippen LogP) is 3.48. The van der Waals surface area contributed by atoms with E-state index in [0.717, 1.165) is 27.8 Å². The molecule has 5 heteroatoms. The number of nitrogens with two attached hydrogens (primary N) is 1. The molecule has 1 aromatic rings. The molecule has 0 spiro atoms. The third kappa shape index (κ3) is 3.13. The van der Waals surface area contributed by atoms with Gasteiger partial charge >= 0.3 is 0 Å². The summed E-state index contributed by atoms with van der Waals surface area (Å²) in [6.45, 7) is 7.57. The van der Waals surface area contributed by atoms with Gasteiger partial charge in [-0.25, -0.2) is 0 Å². The fraction of sp³-hybridized carbons (Fsp3) is 0.421. The van der Waals surface area contributed by atoms with Crippen LogP contribution in [0.5, 0.6) is 0 Å². The highest BCUT2D eigenvalue weighted by Gasteiger charge is 2.33. The van der Waals surface area contributed by atoms with Crippen LogP contribution < -0.4 is 5.73 Å². The molecule has 0 aromatic heterocycles. The third-order valence-corrected chi connectivity index (χ3v) is 4.93. The highest BCUT2D eigenvalue weighted by atomic mass is 32.1. The van der Waals surface area contributed by atoms with Gasteiger partial charge in [0.05, 0.1) is 5.57 Å². The molecule has 1 aromatic carbocycles. The number of rotatable bonds is 4. The van der Waals surface area contributed by atoms with Crippen molar-refractivity contribution in [3.8, 4) is 0 Å². The molecule has 0 saturated heterocycles. The largest absolute Gasteiger partial charge is 0.511 e. The smallest absolute Gasteiger partial charge is 0.170 e. The molecule has 0 radical (unpaired) electrons. The quantitative estimate of drug-likeness (QED) is 0.645. The molecule has 1 aliphatic rings. The Bertz CT molecular complexity index is 777.